The lowest BCUT2D eigenvalue weighted by Crippen LogP contribution is -2.01. The first-order valence-corrected chi connectivity index (χ1v) is 6.84. The van der Waals surface area contributed by atoms with Gasteiger partial charge in [-0.05, 0) is 28.4 Å². The molecule has 6 heteroatoms. The van der Waals surface area contributed by atoms with Crippen LogP contribution in [0, 0.1) is 0 Å². The Balaban J connectivity index is 2.26. The molecular formula is C13H15BrN4O. The van der Waals surface area contributed by atoms with Crippen LogP contribution in [-0.4, -0.2) is 22.0 Å². The van der Waals surface area contributed by atoms with E-state index in [1.165, 1.54) is 0 Å². The molecule has 0 amide bonds. The summed E-state index contributed by atoms with van der Waals surface area (Å²) in [5.74, 6) is 2.67. The summed E-state index contributed by atoms with van der Waals surface area (Å²) >= 11 is 3.36. The third kappa shape index (κ3) is 3.89. The maximum Gasteiger partial charge on any atom is 0.224 e. The van der Waals surface area contributed by atoms with Crippen molar-refractivity contribution < 1.29 is 4.74 Å². The Hall–Kier alpha value is -1.69. The monoisotopic (exact) mass is 322 g/mol. The highest BCUT2D eigenvalue weighted by Gasteiger charge is 2.06. The first-order valence-electron chi connectivity index (χ1n) is 6.05. The SMILES string of the molecule is CCCc1nc(NC)cc(Oc2cncc(Br)c2)n1. The molecule has 0 bridgehead atoms. The molecule has 0 aliphatic rings. The molecule has 2 rings (SSSR count). The predicted molar refractivity (Wildman–Crippen MR) is 77.6 cm³/mol. The van der Waals surface area contributed by atoms with Gasteiger partial charge in [-0.25, -0.2) is 4.98 Å². The summed E-state index contributed by atoms with van der Waals surface area (Å²) in [6.07, 6.45) is 5.16. The smallest absolute Gasteiger partial charge is 0.224 e. The largest absolute Gasteiger partial charge is 0.437 e. The predicted octanol–water partition coefficient (Wildman–Crippen LogP) is 3.42. The number of rotatable bonds is 5. The summed E-state index contributed by atoms with van der Waals surface area (Å²) in [4.78, 5) is 12.8. The zero-order chi connectivity index (χ0) is 13.7. The molecule has 0 aliphatic carbocycles. The Morgan fingerprint density at radius 3 is 2.79 bits per heavy atom. The van der Waals surface area contributed by atoms with Crippen molar-refractivity contribution in [3.63, 3.8) is 0 Å². The summed E-state index contributed by atoms with van der Waals surface area (Å²) in [6, 6.07) is 3.60. The number of nitrogens with one attached hydrogen (secondary N) is 1. The molecule has 0 fully saturated rings. The van der Waals surface area contributed by atoms with Crippen LogP contribution < -0.4 is 10.1 Å². The van der Waals surface area contributed by atoms with Gasteiger partial charge in [-0.2, -0.15) is 4.98 Å². The third-order valence-corrected chi connectivity index (χ3v) is 2.81. The summed E-state index contributed by atoms with van der Waals surface area (Å²) in [7, 11) is 1.82. The Morgan fingerprint density at radius 1 is 1.26 bits per heavy atom. The van der Waals surface area contributed by atoms with E-state index in [1.807, 2.05) is 13.1 Å². The Labute approximate surface area is 120 Å². The fourth-order valence-electron chi connectivity index (χ4n) is 1.56. The summed E-state index contributed by atoms with van der Waals surface area (Å²) < 4.78 is 6.57. The molecule has 1 N–H and O–H groups in total. The average Bonchev–Trinajstić information content (AvgIpc) is 2.39. The van der Waals surface area contributed by atoms with Crippen LogP contribution in [0.4, 0.5) is 5.82 Å². The standard InChI is InChI=1S/C13H15BrN4O/c1-3-4-11-17-12(15-2)6-13(18-11)19-10-5-9(14)7-16-8-10/h5-8H,3-4H2,1-2H3,(H,15,17,18). The van der Waals surface area contributed by atoms with Crippen LogP contribution >= 0.6 is 15.9 Å². The fraction of sp³-hybridized carbons (Fsp3) is 0.308. The number of hydrogen-bond donors (Lipinski definition) is 1. The van der Waals surface area contributed by atoms with Crippen molar-refractivity contribution >= 4 is 21.7 Å². The fourth-order valence-corrected chi connectivity index (χ4v) is 1.90. The van der Waals surface area contributed by atoms with Gasteiger partial charge in [0.15, 0.2) is 0 Å². The normalized spacial score (nSPS) is 10.3. The molecule has 2 heterocycles. The van der Waals surface area contributed by atoms with Gasteiger partial charge in [0, 0.05) is 30.2 Å². The van der Waals surface area contributed by atoms with Crippen LogP contribution in [0.15, 0.2) is 29.0 Å². The van der Waals surface area contributed by atoms with E-state index in [0.29, 0.717) is 11.6 Å². The molecule has 0 spiro atoms. The van der Waals surface area contributed by atoms with Crippen LogP contribution in [0.2, 0.25) is 0 Å². The first kappa shape index (κ1) is 13.7. The number of aromatic nitrogens is 3. The van der Waals surface area contributed by atoms with Crippen molar-refractivity contribution in [1.82, 2.24) is 15.0 Å². The van der Waals surface area contributed by atoms with Crippen molar-refractivity contribution in [3.05, 3.63) is 34.8 Å². The van der Waals surface area contributed by atoms with E-state index in [4.69, 9.17) is 4.74 Å². The number of anilines is 1. The van der Waals surface area contributed by atoms with Gasteiger partial charge in [-0.15, -0.1) is 0 Å². The van der Waals surface area contributed by atoms with Gasteiger partial charge in [-0.3, -0.25) is 4.98 Å². The summed E-state index contributed by atoms with van der Waals surface area (Å²) in [5, 5.41) is 3.01. The molecule has 0 aliphatic heterocycles. The lowest BCUT2D eigenvalue weighted by molar-refractivity contribution is 0.456. The number of nitrogens with zero attached hydrogens (tertiary/aromatic N) is 3. The molecule has 0 atom stereocenters. The summed E-state index contributed by atoms with van der Waals surface area (Å²) in [6.45, 7) is 2.09. The Bertz CT molecular complexity index is 562. The molecule has 0 saturated heterocycles. The summed E-state index contributed by atoms with van der Waals surface area (Å²) in [5.41, 5.74) is 0. The molecule has 0 aromatic carbocycles. The maximum atomic E-state index is 5.71. The number of halogens is 1. The second-order valence-corrected chi connectivity index (χ2v) is 4.86. The highest BCUT2D eigenvalue weighted by atomic mass is 79.9. The quantitative estimate of drug-likeness (QED) is 0.913. The second-order valence-electron chi connectivity index (χ2n) is 3.95. The van der Waals surface area contributed by atoms with Crippen molar-refractivity contribution in [1.29, 1.82) is 0 Å². The van der Waals surface area contributed by atoms with E-state index in [9.17, 15) is 0 Å². The highest BCUT2D eigenvalue weighted by Crippen LogP contribution is 2.23. The number of hydrogen-bond acceptors (Lipinski definition) is 5. The van der Waals surface area contributed by atoms with E-state index >= 15 is 0 Å². The number of pyridine rings is 1. The van der Waals surface area contributed by atoms with Gasteiger partial charge in [0.25, 0.3) is 0 Å². The van der Waals surface area contributed by atoms with Gasteiger partial charge >= 0.3 is 0 Å². The molecular weight excluding hydrogens is 308 g/mol. The molecule has 100 valence electrons. The van der Waals surface area contributed by atoms with Crippen molar-refractivity contribution in [2.45, 2.75) is 19.8 Å². The lowest BCUT2D eigenvalue weighted by Gasteiger charge is -2.08. The van der Waals surface area contributed by atoms with E-state index in [0.717, 1.165) is 29.0 Å². The van der Waals surface area contributed by atoms with Crippen LogP contribution in [0.25, 0.3) is 0 Å². The minimum absolute atomic E-state index is 0.516. The highest BCUT2D eigenvalue weighted by molar-refractivity contribution is 9.10. The molecule has 0 saturated carbocycles. The van der Waals surface area contributed by atoms with E-state index < -0.39 is 0 Å². The average molecular weight is 323 g/mol. The van der Waals surface area contributed by atoms with E-state index in [-0.39, 0.29) is 0 Å². The van der Waals surface area contributed by atoms with E-state index in [1.54, 1.807) is 18.5 Å². The molecule has 19 heavy (non-hydrogen) atoms. The van der Waals surface area contributed by atoms with Gasteiger partial charge in [0.05, 0.1) is 6.20 Å². The molecule has 2 aromatic heterocycles. The van der Waals surface area contributed by atoms with Crippen molar-refractivity contribution in [2.75, 3.05) is 12.4 Å². The molecule has 5 nitrogen and oxygen atoms in total. The Morgan fingerprint density at radius 2 is 2.11 bits per heavy atom. The zero-order valence-electron chi connectivity index (χ0n) is 10.9. The third-order valence-electron chi connectivity index (χ3n) is 2.38. The Kier molecular flexibility index (Phi) is 4.68. The molecule has 2 aromatic rings. The second kappa shape index (κ2) is 6.47. The minimum Gasteiger partial charge on any atom is -0.437 e. The van der Waals surface area contributed by atoms with Gasteiger partial charge in [0.2, 0.25) is 5.88 Å². The maximum absolute atomic E-state index is 5.71. The van der Waals surface area contributed by atoms with Crippen LogP contribution in [0.5, 0.6) is 11.6 Å². The van der Waals surface area contributed by atoms with Crippen LogP contribution in [0.3, 0.4) is 0 Å². The van der Waals surface area contributed by atoms with Crippen molar-refractivity contribution in [3.8, 4) is 11.6 Å². The lowest BCUT2D eigenvalue weighted by atomic mass is 10.3. The van der Waals surface area contributed by atoms with Crippen LogP contribution in [0.1, 0.15) is 19.2 Å². The first-order chi connectivity index (χ1) is 9.21. The minimum atomic E-state index is 0.516. The molecule has 0 radical (unpaired) electrons. The van der Waals surface area contributed by atoms with E-state index in [2.05, 4.69) is 43.1 Å². The number of aryl methyl sites for hydroxylation is 1. The van der Waals surface area contributed by atoms with Gasteiger partial charge < -0.3 is 10.1 Å². The number of ether oxygens (including phenoxy) is 1. The van der Waals surface area contributed by atoms with Gasteiger partial charge in [0.1, 0.15) is 17.4 Å². The molecule has 0 unspecified atom stereocenters. The zero-order valence-corrected chi connectivity index (χ0v) is 12.4. The topological polar surface area (TPSA) is 59.9 Å². The van der Waals surface area contributed by atoms with Crippen molar-refractivity contribution in [2.24, 2.45) is 0 Å². The van der Waals surface area contributed by atoms with Crippen LogP contribution in [-0.2, 0) is 6.42 Å². The van der Waals surface area contributed by atoms with Gasteiger partial charge in [-0.1, -0.05) is 6.92 Å².